The maximum absolute atomic E-state index is 11.6. The largest absolute Gasteiger partial charge is 0.392 e. The molecule has 2 N–H and O–H groups in total. The van der Waals surface area contributed by atoms with Crippen molar-refractivity contribution >= 4 is 23.1 Å². The molecule has 0 heterocycles. The van der Waals surface area contributed by atoms with Gasteiger partial charge in [0.2, 0.25) is 5.91 Å². The van der Waals surface area contributed by atoms with E-state index in [1.807, 2.05) is 11.8 Å². The van der Waals surface area contributed by atoms with E-state index in [9.17, 15) is 4.79 Å². The Morgan fingerprint density at radius 3 is 2.50 bits per heavy atom. The lowest BCUT2D eigenvalue weighted by molar-refractivity contribution is -0.132. The van der Waals surface area contributed by atoms with Crippen molar-refractivity contribution in [3.8, 4) is 0 Å². The Bertz CT molecular complexity index is 224. The fourth-order valence-electron chi connectivity index (χ4n) is 2.01. The number of carbonyl (C=O) groups excluding carboxylic acids is 1. The van der Waals surface area contributed by atoms with Gasteiger partial charge in [0, 0.05) is 12.5 Å². The van der Waals surface area contributed by atoms with Gasteiger partial charge in [-0.25, -0.2) is 0 Å². The molecule has 1 rings (SSSR count). The van der Waals surface area contributed by atoms with Crippen molar-refractivity contribution in [3.05, 3.63) is 0 Å². The van der Waals surface area contributed by atoms with Gasteiger partial charge in [0.05, 0.1) is 11.5 Å². The molecule has 3 nitrogen and oxygen atoms in total. The second kappa shape index (κ2) is 5.29. The monoisotopic (exact) mass is 214 g/mol. The topological polar surface area (TPSA) is 46.3 Å². The number of hydrogen-bond donors (Lipinski definition) is 1. The number of nitrogens with two attached hydrogens (primary N) is 1. The Hall–Kier alpha value is -0.640. The van der Waals surface area contributed by atoms with Crippen LogP contribution in [0.25, 0.3) is 0 Å². The smallest absolute Gasteiger partial charge is 0.222 e. The molecule has 14 heavy (non-hydrogen) atoms. The molecule has 1 aliphatic carbocycles. The average Bonchev–Trinajstić information content (AvgIpc) is 2.65. The maximum atomic E-state index is 11.6. The molecule has 0 unspecified atom stereocenters. The van der Waals surface area contributed by atoms with Crippen LogP contribution in [0.15, 0.2) is 0 Å². The molecule has 1 saturated carbocycles. The lowest BCUT2D eigenvalue weighted by atomic mass is 10.2. The number of carbonyl (C=O) groups is 1. The van der Waals surface area contributed by atoms with Crippen LogP contribution in [0.5, 0.6) is 0 Å². The van der Waals surface area contributed by atoms with Gasteiger partial charge in [-0.15, -0.1) is 0 Å². The second-order valence-corrected chi connectivity index (χ2v) is 4.30. The minimum absolute atomic E-state index is 0.171. The van der Waals surface area contributed by atoms with Gasteiger partial charge >= 0.3 is 0 Å². The predicted octanol–water partition coefficient (Wildman–Crippen LogP) is 1.45. The van der Waals surface area contributed by atoms with Gasteiger partial charge in [0.1, 0.15) is 0 Å². The summed E-state index contributed by atoms with van der Waals surface area (Å²) in [4.78, 5) is 13.9. The summed E-state index contributed by atoms with van der Waals surface area (Å²) in [5.41, 5.74) is 5.49. The van der Waals surface area contributed by atoms with E-state index in [-0.39, 0.29) is 5.91 Å². The molecule has 0 radical (unpaired) electrons. The third-order valence-electron chi connectivity index (χ3n) is 2.71. The molecule has 80 valence electrons. The summed E-state index contributed by atoms with van der Waals surface area (Å²) in [6.45, 7) is 2.33. The van der Waals surface area contributed by atoms with Gasteiger partial charge in [0.25, 0.3) is 0 Å². The van der Waals surface area contributed by atoms with Gasteiger partial charge in [-0.1, -0.05) is 32.0 Å². The van der Waals surface area contributed by atoms with Gasteiger partial charge in [-0.2, -0.15) is 0 Å². The van der Waals surface area contributed by atoms with Crippen LogP contribution < -0.4 is 5.73 Å². The van der Waals surface area contributed by atoms with Crippen molar-refractivity contribution in [2.75, 3.05) is 6.54 Å². The van der Waals surface area contributed by atoms with E-state index in [1.54, 1.807) is 0 Å². The molecule has 0 atom stereocenters. The van der Waals surface area contributed by atoms with E-state index >= 15 is 0 Å². The van der Waals surface area contributed by atoms with Crippen LogP contribution in [-0.4, -0.2) is 28.4 Å². The Balaban J connectivity index is 2.59. The molecule has 0 aliphatic heterocycles. The molecule has 1 fully saturated rings. The summed E-state index contributed by atoms with van der Waals surface area (Å²) in [7, 11) is 0. The number of thiocarbonyl (C=S) groups is 1. The standard InChI is InChI=1S/C10H18N2OS/c1-2-10(13)12(7-9(11)14)8-5-3-4-6-8/h8H,2-7H2,1H3,(H2,11,14). The van der Waals surface area contributed by atoms with E-state index in [0.29, 0.717) is 24.0 Å². The lowest BCUT2D eigenvalue weighted by Gasteiger charge is -2.28. The highest BCUT2D eigenvalue weighted by atomic mass is 32.1. The van der Waals surface area contributed by atoms with Gasteiger partial charge in [0.15, 0.2) is 0 Å². The van der Waals surface area contributed by atoms with Gasteiger partial charge in [-0.3, -0.25) is 4.79 Å². The average molecular weight is 214 g/mol. The summed E-state index contributed by atoms with van der Waals surface area (Å²) in [6.07, 6.45) is 5.19. The van der Waals surface area contributed by atoms with Crippen LogP contribution in [0.2, 0.25) is 0 Å². The summed E-state index contributed by atoms with van der Waals surface area (Å²) in [5, 5.41) is 0. The second-order valence-electron chi connectivity index (χ2n) is 3.78. The van der Waals surface area contributed by atoms with Crippen molar-refractivity contribution in [1.29, 1.82) is 0 Å². The van der Waals surface area contributed by atoms with Crippen LogP contribution in [0.3, 0.4) is 0 Å². The molecule has 0 spiro atoms. The molecule has 0 aromatic rings. The van der Waals surface area contributed by atoms with E-state index < -0.39 is 0 Å². The molecule has 0 aromatic carbocycles. The van der Waals surface area contributed by atoms with E-state index in [4.69, 9.17) is 18.0 Å². The Kier molecular flexibility index (Phi) is 4.32. The fraction of sp³-hybridized carbons (Fsp3) is 0.800. The first-order chi connectivity index (χ1) is 6.65. The van der Waals surface area contributed by atoms with Crippen LogP contribution in [-0.2, 0) is 4.79 Å². The molecule has 1 amide bonds. The molecule has 1 aliphatic rings. The molecule has 0 bridgehead atoms. The van der Waals surface area contributed by atoms with Crippen molar-refractivity contribution in [3.63, 3.8) is 0 Å². The van der Waals surface area contributed by atoms with E-state index in [0.717, 1.165) is 12.8 Å². The molecular formula is C10H18N2OS. The van der Waals surface area contributed by atoms with Crippen molar-refractivity contribution in [2.24, 2.45) is 5.73 Å². The van der Waals surface area contributed by atoms with E-state index in [1.165, 1.54) is 12.8 Å². The maximum Gasteiger partial charge on any atom is 0.222 e. The molecule has 0 aromatic heterocycles. The van der Waals surface area contributed by atoms with Crippen molar-refractivity contribution in [1.82, 2.24) is 4.90 Å². The Morgan fingerprint density at radius 2 is 2.07 bits per heavy atom. The highest BCUT2D eigenvalue weighted by Gasteiger charge is 2.25. The minimum Gasteiger partial charge on any atom is -0.392 e. The number of rotatable bonds is 4. The van der Waals surface area contributed by atoms with Crippen molar-refractivity contribution < 1.29 is 4.79 Å². The normalized spacial score (nSPS) is 16.9. The fourth-order valence-corrected chi connectivity index (χ4v) is 2.15. The highest BCUT2D eigenvalue weighted by molar-refractivity contribution is 7.80. The van der Waals surface area contributed by atoms with Crippen LogP contribution in [0.1, 0.15) is 39.0 Å². The minimum atomic E-state index is 0.171. The Labute approximate surface area is 90.6 Å². The van der Waals surface area contributed by atoms with Crippen LogP contribution >= 0.6 is 12.2 Å². The van der Waals surface area contributed by atoms with E-state index in [2.05, 4.69) is 0 Å². The first-order valence-electron chi connectivity index (χ1n) is 5.23. The third kappa shape index (κ3) is 2.94. The van der Waals surface area contributed by atoms with Crippen molar-refractivity contribution in [2.45, 2.75) is 45.1 Å². The van der Waals surface area contributed by atoms with Crippen LogP contribution in [0, 0.1) is 0 Å². The molecular weight excluding hydrogens is 196 g/mol. The Morgan fingerprint density at radius 1 is 1.50 bits per heavy atom. The number of nitrogens with zero attached hydrogens (tertiary/aromatic N) is 1. The highest BCUT2D eigenvalue weighted by Crippen LogP contribution is 2.23. The quantitative estimate of drug-likeness (QED) is 0.721. The zero-order valence-electron chi connectivity index (χ0n) is 8.66. The third-order valence-corrected chi connectivity index (χ3v) is 2.84. The summed E-state index contributed by atoms with van der Waals surface area (Å²) in [5.74, 6) is 0.171. The zero-order valence-corrected chi connectivity index (χ0v) is 9.48. The van der Waals surface area contributed by atoms with Crippen LogP contribution in [0.4, 0.5) is 0 Å². The SMILES string of the molecule is CCC(=O)N(CC(N)=S)C1CCCC1. The predicted molar refractivity (Wildman–Crippen MR) is 61.0 cm³/mol. The zero-order chi connectivity index (χ0) is 10.6. The number of hydrogen-bond acceptors (Lipinski definition) is 2. The summed E-state index contributed by atoms with van der Waals surface area (Å²) in [6, 6.07) is 0.379. The van der Waals surface area contributed by atoms with Gasteiger partial charge in [-0.05, 0) is 12.8 Å². The molecule has 4 heteroatoms. The first kappa shape index (κ1) is 11.4. The summed E-state index contributed by atoms with van der Waals surface area (Å²) < 4.78 is 0. The lowest BCUT2D eigenvalue weighted by Crippen LogP contribution is -2.43. The molecule has 0 saturated heterocycles. The first-order valence-corrected chi connectivity index (χ1v) is 5.63. The summed E-state index contributed by atoms with van der Waals surface area (Å²) >= 11 is 4.86. The number of amides is 1. The van der Waals surface area contributed by atoms with Gasteiger partial charge < -0.3 is 10.6 Å².